The molecule has 2 nitrogen and oxygen atoms in total. The van der Waals surface area contributed by atoms with Gasteiger partial charge in [-0.05, 0) is 24.8 Å². The highest BCUT2D eigenvalue weighted by Gasteiger charge is 2.17. The van der Waals surface area contributed by atoms with E-state index in [-0.39, 0.29) is 0 Å². The van der Waals surface area contributed by atoms with Gasteiger partial charge in [0, 0.05) is 24.8 Å². The minimum absolute atomic E-state index is 0.427. The zero-order valence-corrected chi connectivity index (χ0v) is 9.12. The van der Waals surface area contributed by atoms with Gasteiger partial charge in [-0.25, -0.2) is 9.37 Å². The molecule has 1 fully saturated rings. The van der Waals surface area contributed by atoms with Crippen molar-refractivity contribution in [2.24, 2.45) is 5.92 Å². The van der Waals surface area contributed by atoms with Crippen molar-refractivity contribution in [1.29, 1.82) is 0 Å². The van der Waals surface area contributed by atoms with Crippen molar-refractivity contribution < 1.29 is 4.39 Å². The number of aromatic nitrogens is 1. The number of rotatable bonds is 2. The molecule has 3 heteroatoms. The monoisotopic (exact) mass is 208 g/mol. The predicted octanol–water partition coefficient (Wildman–Crippen LogP) is 2.79. The number of pyridine rings is 1. The van der Waals surface area contributed by atoms with Crippen LogP contribution in [0.3, 0.4) is 0 Å². The molecule has 0 radical (unpaired) electrons. The van der Waals surface area contributed by atoms with Gasteiger partial charge in [0.15, 0.2) is 0 Å². The molecular formula is C12H17FN2. The Morgan fingerprint density at radius 2 is 2.40 bits per heavy atom. The molecule has 0 aliphatic carbocycles. The zero-order valence-electron chi connectivity index (χ0n) is 9.12. The lowest BCUT2D eigenvalue weighted by Crippen LogP contribution is -2.34. The van der Waals surface area contributed by atoms with Crippen LogP contribution in [0.2, 0.25) is 0 Å². The maximum atomic E-state index is 12.3. The molecule has 1 aliphatic rings. The van der Waals surface area contributed by atoms with Gasteiger partial charge in [-0.3, -0.25) is 0 Å². The number of hydrogen-bond acceptors (Lipinski definition) is 2. The Morgan fingerprint density at radius 3 is 3.00 bits per heavy atom. The van der Waals surface area contributed by atoms with Gasteiger partial charge in [-0.1, -0.05) is 13.0 Å². The van der Waals surface area contributed by atoms with Crippen molar-refractivity contribution in [2.75, 3.05) is 18.0 Å². The number of nitrogens with zero attached hydrogens (tertiary/aromatic N) is 2. The van der Waals surface area contributed by atoms with Crippen molar-refractivity contribution in [3.8, 4) is 0 Å². The second kappa shape index (κ2) is 4.60. The summed E-state index contributed by atoms with van der Waals surface area (Å²) in [6.07, 6.45) is 4.17. The summed E-state index contributed by atoms with van der Waals surface area (Å²) in [6.45, 7) is 3.99. The lowest BCUT2D eigenvalue weighted by Gasteiger charge is -2.31. The highest BCUT2D eigenvalue weighted by Crippen LogP contribution is 2.21. The molecule has 0 amide bonds. The third kappa shape index (κ3) is 2.46. The number of alkyl halides is 1. The van der Waals surface area contributed by atoms with Crippen molar-refractivity contribution in [1.82, 2.24) is 4.98 Å². The Morgan fingerprint density at radius 1 is 1.53 bits per heavy atom. The average molecular weight is 208 g/mol. The maximum absolute atomic E-state index is 12.3. The largest absolute Gasteiger partial charge is 0.356 e. The quantitative estimate of drug-likeness (QED) is 0.743. The van der Waals surface area contributed by atoms with Gasteiger partial charge in [0.25, 0.3) is 0 Å². The Kier molecular flexibility index (Phi) is 3.19. The summed E-state index contributed by atoms with van der Waals surface area (Å²) in [5.41, 5.74) is 0.656. The van der Waals surface area contributed by atoms with Crippen LogP contribution in [-0.2, 0) is 6.67 Å². The summed E-state index contributed by atoms with van der Waals surface area (Å²) in [6, 6.07) is 3.74. The molecule has 0 spiro atoms. The molecule has 0 N–H and O–H groups in total. The Balaban J connectivity index is 2.07. The summed E-state index contributed by atoms with van der Waals surface area (Å²) in [7, 11) is 0. The summed E-state index contributed by atoms with van der Waals surface area (Å²) in [5.74, 6) is 1.72. The van der Waals surface area contributed by atoms with E-state index in [1.807, 2.05) is 12.1 Å². The fraction of sp³-hybridized carbons (Fsp3) is 0.583. The molecule has 15 heavy (non-hydrogen) atoms. The van der Waals surface area contributed by atoms with E-state index in [0.29, 0.717) is 5.56 Å². The molecule has 0 bridgehead atoms. The smallest absolute Gasteiger partial charge is 0.128 e. The third-order valence-electron chi connectivity index (χ3n) is 2.94. The van der Waals surface area contributed by atoms with Gasteiger partial charge in [-0.2, -0.15) is 0 Å². The Labute approximate surface area is 90.1 Å². The highest BCUT2D eigenvalue weighted by molar-refractivity contribution is 5.39. The second-order valence-electron chi connectivity index (χ2n) is 4.35. The fourth-order valence-electron chi connectivity index (χ4n) is 2.08. The van der Waals surface area contributed by atoms with Crippen LogP contribution in [0.1, 0.15) is 25.3 Å². The van der Waals surface area contributed by atoms with Gasteiger partial charge in [0.1, 0.15) is 12.5 Å². The van der Waals surface area contributed by atoms with E-state index in [1.165, 1.54) is 12.8 Å². The van der Waals surface area contributed by atoms with Crippen LogP contribution in [0.4, 0.5) is 10.2 Å². The van der Waals surface area contributed by atoms with E-state index < -0.39 is 6.67 Å². The molecule has 0 aromatic carbocycles. The first-order valence-corrected chi connectivity index (χ1v) is 5.55. The normalized spacial score (nSPS) is 21.7. The minimum Gasteiger partial charge on any atom is -0.356 e. The van der Waals surface area contributed by atoms with Gasteiger partial charge in [-0.15, -0.1) is 0 Å². The van der Waals surface area contributed by atoms with Crippen LogP contribution in [0.15, 0.2) is 18.3 Å². The summed E-state index contributed by atoms with van der Waals surface area (Å²) in [4.78, 5) is 6.58. The topological polar surface area (TPSA) is 16.1 Å². The molecule has 82 valence electrons. The van der Waals surface area contributed by atoms with E-state index in [1.54, 1.807) is 6.20 Å². The number of anilines is 1. The molecule has 1 aromatic rings. The lowest BCUT2D eigenvalue weighted by atomic mass is 10.0. The fourth-order valence-corrected chi connectivity index (χ4v) is 2.08. The Bertz CT molecular complexity index is 310. The molecule has 1 aliphatic heterocycles. The van der Waals surface area contributed by atoms with E-state index in [4.69, 9.17) is 0 Å². The Hall–Kier alpha value is -1.12. The van der Waals surface area contributed by atoms with Crippen molar-refractivity contribution in [3.05, 3.63) is 23.9 Å². The standard InChI is InChI=1S/C12H17FN2/c1-10-3-2-6-15(9-10)12-5-4-11(7-13)8-14-12/h4-5,8,10H,2-3,6-7,9H2,1H3. The first-order valence-electron chi connectivity index (χ1n) is 5.55. The second-order valence-corrected chi connectivity index (χ2v) is 4.35. The van der Waals surface area contributed by atoms with E-state index in [9.17, 15) is 4.39 Å². The summed E-state index contributed by atoms with van der Waals surface area (Å²) < 4.78 is 12.3. The van der Waals surface area contributed by atoms with Crippen LogP contribution in [0, 0.1) is 5.92 Å². The first-order chi connectivity index (χ1) is 7.29. The van der Waals surface area contributed by atoms with E-state index in [2.05, 4.69) is 16.8 Å². The van der Waals surface area contributed by atoms with Crippen molar-refractivity contribution in [3.63, 3.8) is 0 Å². The van der Waals surface area contributed by atoms with Crippen LogP contribution in [0.25, 0.3) is 0 Å². The number of halogens is 1. The highest BCUT2D eigenvalue weighted by atomic mass is 19.1. The zero-order chi connectivity index (χ0) is 10.7. The van der Waals surface area contributed by atoms with Crippen LogP contribution < -0.4 is 4.90 Å². The molecular weight excluding hydrogens is 191 g/mol. The third-order valence-corrected chi connectivity index (χ3v) is 2.94. The van der Waals surface area contributed by atoms with Crippen molar-refractivity contribution in [2.45, 2.75) is 26.4 Å². The minimum atomic E-state index is -0.427. The van der Waals surface area contributed by atoms with E-state index in [0.717, 1.165) is 24.8 Å². The van der Waals surface area contributed by atoms with Gasteiger partial charge < -0.3 is 4.90 Å². The van der Waals surface area contributed by atoms with Crippen LogP contribution >= 0.6 is 0 Å². The van der Waals surface area contributed by atoms with E-state index >= 15 is 0 Å². The number of piperidine rings is 1. The molecule has 2 heterocycles. The summed E-state index contributed by atoms with van der Waals surface area (Å²) in [5, 5.41) is 0. The molecule has 0 saturated carbocycles. The lowest BCUT2D eigenvalue weighted by molar-refractivity contribution is 0.444. The molecule has 1 saturated heterocycles. The predicted molar refractivity (Wildman–Crippen MR) is 59.7 cm³/mol. The van der Waals surface area contributed by atoms with Crippen molar-refractivity contribution >= 4 is 5.82 Å². The molecule has 1 unspecified atom stereocenters. The molecule has 2 rings (SSSR count). The SMILES string of the molecule is CC1CCCN(c2ccc(CF)cn2)C1. The maximum Gasteiger partial charge on any atom is 0.128 e. The van der Waals surface area contributed by atoms with Gasteiger partial charge in [0.05, 0.1) is 0 Å². The summed E-state index contributed by atoms with van der Waals surface area (Å²) >= 11 is 0. The number of hydrogen-bond donors (Lipinski definition) is 0. The van der Waals surface area contributed by atoms with Crippen LogP contribution in [-0.4, -0.2) is 18.1 Å². The molecule has 1 aromatic heterocycles. The first kappa shape index (κ1) is 10.4. The van der Waals surface area contributed by atoms with Crippen LogP contribution in [0.5, 0.6) is 0 Å². The average Bonchev–Trinajstić information content (AvgIpc) is 2.29. The van der Waals surface area contributed by atoms with Gasteiger partial charge >= 0.3 is 0 Å². The molecule has 1 atom stereocenters. The van der Waals surface area contributed by atoms with Gasteiger partial charge in [0.2, 0.25) is 0 Å².